The van der Waals surface area contributed by atoms with Crippen molar-refractivity contribution in [3.05, 3.63) is 11.9 Å². The number of rotatable bonds is 2. The first kappa shape index (κ1) is 9.56. The van der Waals surface area contributed by atoms with Gasteiger partial charge in [0.2, 0.25) is 5.95 Å². The van der Waals surface area contributed by atoms with Crippen LogP contribution < -0.4 is 5.32 Å². The minimum Gasteiger partial charge on any atom is -0.353 e. The van der Waals surface area contributed by atoms with Gasteiger partial charge >= 0.3 is 0 Å². The number of nitrogens with zero attached hydrogens (tertiary/aromatic N) is 2. The summed E-state index contributed by atoms with van der Waals surface area (Å²) < 4.78 is 2.29. The lowest BCUT2D eigenvalue weighted by atomic mass is 10.0. The highest BCUT2D eigenvalue weighted by atomic mass is 15.3. The van der Waals surface area contributed by atoms with Gasteiger partial charge in [-0.1, -0.05) is 13.8 Å². The van der Waals surface area contributed by atoms with E-state index >= 15 is 0 Å². The van der Waals surface area contributed by atoms with Gasteiger partial charge in [-0.05, 0) is 26.2 Å². The molecule has 0 bridgehead atoms. The van der Waals surface area contributed by atoms with Crippen molar-refractivity contribution >= 4 is 5.95 Å². The standard InChI is InChI=1S/C11H19N3/c1-4-9-6-10(5-2)14-7-8(3)12-11(14)13-9/h7,9-10H,4-6H2,1-3H3,(H,12,13). The maximum Gasteiger partial charge on any atom is 0.203 e. The van der Waals surface area contributed by atoms with Gasteiger partial charge in [-0.3, -0.25) is 0 Å². The van der Waals surface area contributed by atoms with E-state index in [1.54, 1.807) is 0 Å². The van der Waals surface area contributed by atoms with Gasteiger partial charge < -0.3 is 9.88 Å². The van der Waals surface area contributed by atoms with Crippen molar-refractivity contribution in [3.63, 3.8) is 0 Å². The van der Waals surface area contributed by atoms with Gasteiger partial charge in [0.05, 0.1) is 5.69 Å². The first-order valence-corrected chi connectivity index (χ1v) is 5.56. The normalized spacial score (nSPS) is 25.6. The lowest BCUT2D eigenvalue weighted by molar-refractivity contribution is 0.391. The van der Waals surface area contributed by atoms with Crippen LogP contribution in [0, 0.1) is 6.92 Å². The predicted molar refractivity (Wildman–Crippen MR) is 58.6 cm³/mol. The Labute approximate surface area is 85.5 Å². The van der Waals surface area contributed by atoms with Crippen LogP contribution in [0.5, 0.6) is 0 Å². The summed E-state index contributed by atoms with van der Waals surface area (Å²) in [6, 6.07) is 1.24. The second-order valence-electron chi connectivity index (χ2n) is 4.16. The van der Waals surface area contributed by atoms with Crippen LogP contribution in [0.2, 0.25) is 0 Å². The minimum atomic E-state index is 0.606. The van der Waals surface area contributed by atoms with Gasteiger partial charge in [-0.2, -0.15) is 0 Å². The number of hydrogen-bond donors (Lipinski definition) is 1. The molecule has 2 unspecified atom stereocenters. The van der Waals surface area contributed by atoms with E-state index in [0.717, 1.165) is 11.6 Å². The van der Waals surface area contributed by atoms with Crippen molar-refractivity contribution in [2.24, 2.45) is 0 Å². The van der Waals surface area contributed by atoms with Crippen molar-refractivity contribution in [1.82, 2.24) is 9.55 Å². The molecule has 1 aliphatic rings. The van der Waals surface area contributed by atoms with Gasteiger partial charge in [0.1, 0.15) is 0 Å². The van der Waals surface area contributed by atoms with E-state index in [2.05, 4.69) is 41.8 Å². The fourth-order valence-electron chi connectivity index (χ4n) is 2.22. The van der Waals surface area contributed by atoms with Gasteiger partial charge in [-0.25, -0.2) is 4.98 Å². The second-order valence-corrected chi connectivity index (χ2v) is 4.16. The topological polar surface area (TPSA) is 29.9 Å². The van der Waals surface area contributed by atoms with Crippen LogP contribution >= 0.6 is 0 Å². The summed E-state index contributed by atoms with van der Waals surface area (Å²) in [4.78, 5) is 4.50. The molecule has 3 heteroatoms. The number of aromatic nitrogens is 2. The monoisotopic (exact) mass is 193 g/mol. The van der Waals surface area contributed by atoms with Gasteiger partial charge in [0.25, 0.3) is 0 Å². The van der Waals surface area contributed by atoms with Crippen LogP contribution in [0.3, 0.4) is 0 Å². The molecule has 1 aliphatic heterocycles. The van der Waals surface area contributed by atoms with Crippen LogP contribution in [-0.4, -0.2) is 15.6 Å². The SMILES string of the molecule is CCC1CC(CC)n2cc(C)nc2N1. The lowest BCUT2D eigenvalue weighted by Crippen LogP contribution is -2.31. The highest BCUT2D eigenvalue weighted by molar-refractivity contribution is 5.33. The Kier molecular flexibility index (Phi) is 2.48. The average molecular weight is 193 g/mol. The third-order valence-corrected chi connectivity index (χ3v) is 3.10. The molecule has 78 valence electrons. The van der Waals surface area contributed by atoms with Gasteiger partial charge in [0, 0.05) is 18.3 Å². The number of imidazole rings is 1. The van der Waals surface area contributed by atoms with Crippen molar-refractivity contribution in [2.75, 3.05) is 5.32 Å². The molecule has 14 heavy (non-hydrogen) atoms. The van der Waals surface area contributed by atoms with Gasteiger partial charge in [0.15, 0.2) is 0 Å². The summed E-state index contributed by atoms with van der Waals surface area (Å²) >= 11 is 0. The first-order valence-electron chi connectivity index (χ1n) is 5.56. The van der Waals surface area contributed by atoms with Crippen LogP contribution in [0.25, 0.3) is 0 Å². The number of fused-ring (bicyclic) bond motifs is 1. The van der Waals surface area contributed by atoms with E-state index in [9.17, 15) is 0 Å². The Hall–Kier alpha value is -0.990. The highest BCUT2D eigenvalue weighted by Crippen LogP contribution is 2.30. The van der Waals surface area contributed by atoms with E-state index in [0.29, 0.717) is 12.1 Å². The number of hydrogen-bond acceptors (Lipinski definition) is 2. The number of anilines is 1. The molecule has 1 N–H and O–H groups in total. The second kappa shape index (κ2) is 3.64. The molecule has 0 radical (unpaired) electrons. The van der Waals surface area contributed by atoms with Crippen LogP contribution in [-0.2, 0) is 0 Å². The Balaban J connectivity index is 2.30. The Morgan fingerprint density at radius 3 is 2.93 bits per heavy atom. The molecular weight excluding hydrogens is 174 g/mol. The van der Waals surface area contributed by atoms with E-state index in [1.165, 1.54) is 19.3 Å². The molecule has 1 aromatic rings. The Morgan fingerprint density at radius 2 is 2.29 bits per heavy atom. The quantitative estimate of drug-likeness (QED) is 0.782. The summed E-state index contributed by atoms with van der Waals surface area (Å²) in [6.07, 6.45) is 5.77. The fourth-order valence-corrected chi connectivity index (χ4v) is 2.22. The van der Waals surface area contributed by atoms with Crippen LogP contribution in [0.1, 0.15) is 44.8 Å². The molecule has 1 aromatic heterocycles. The van der Waals surface area contributed by atoms with Gasteiger partial charge in [-0.15, -0.1) is 0 Å². The zero-order valence-corrected chi connectivity index (χ0v) is 9.25. The number of aryl methyl sites for hydroxylation is 1. The molecule has 2 atom stereocenters. The smallest absolute Gasteiger partial charge is 0.203 e. The molecule has 0 saturated heterocycles. The van der Waals surface area contributed by atoms with Crippen LogP contribution in [0.15, 0.2) is 6.20 Å². The molecule has 0 spiro atoms. The lowest BCUT2D eigenvalue weighted by Gasteiger charge is -2.31. The molecule has 0 aliphatic carbocycles. The van der Waals surface area contributed by atoms with Crippen LogP contribution in [0.4, 0.5) is 5.95 Å². The molecular formula is C11H19N3. The summed E-state index contributed by atoms with van der Waals surface area (Å²) in [6.45, 7) is 6.54. The molecule has 0 saturated carbocycles. The van der Waals surface area contributed by atoms with Crippen molar-refractivity contribution in [2.45, 2.75) is 52.1 Å². The third kappa shape index (κ3) is 1.51. The fraction of sp³-hybridized carbons (Fsp3) is 0.727. The van der Waals surface area contributed by atoms with E-state index < -0.39 is 0 Å². The molecule has 0 amide bonds. The number of nitrogens with one attached hydrogen (secondary N) is 1. The summed E-state index contributed by atoms with van der Waals surface area (Å²) in [5, 5.41) is 3.48. The van der Waals surface area contributed by atoms with Crippen molar-refractivity contribution in [3.8, 4) is 0 Å². The molecule has 0 fully saturated rings. The summed E-state index contributed by atoms with van der Waals surface area (Å²) in [5.41, 5.74) is 1.11. The average Bonchev–Trinajstić information content (AvgIpc) is 2.56. The highest BCUT2D eigenvalue weighted by Gasteiger charge is 2.24. The zero-order valence-electron chi connectivity index (χ0n) is 9.25. The Morgan fingerprint density at radius 1 is 1.50 bits per heavy atom. The first-order chi connectivity index (χ1) is 6.74. The molecule has 0 aromatic carbocycles. The Bertz CT molecular complexity index is 316. The maximum absolute atomic E-state index is 4.50. The minimum absolute atomic E-state index is 0.606. The predicted octanol–water partition coefficient (Wildman–Crippen LogP) is 2.74. The molecule has 2 heterocycles. The van der Waals surface area contributed by atoms with Crippen molar-refractivity contribution < 1.29 is 0 Å². The zero-order chi connectivity index (χ0) is 10.1. The van der Waals surface area contributed by atoms with E-state index in [1.807, 2.05) is 0 Å². The summed E-state index contributed by atoms with van der Waals surface area (Å²) in [5.74, 6) is 1.06. The third-order valence-electron chi connectivity index (χ3n) is 3.10. The summed E-state index contributed by atoms with van der Waals surface area (Å²) in [7, 11) is 0. The molecule has 3 nitrogen and oxygen atoms in total. The maximum atomic E-state index is 4.50. The van der Waals surface area contributed by atoms with Crippen molar-refractivity contribution in [1.29, 1.82) is 0 Å². The van der Waals surface area contributed by atoms with E-state index in [4.69, 9.17) is 0 Å². The molecule has 2 rings (SSSR count). The largest absolute Gasteiger partial charge is 0.353 e. The van der Waals surface area contributed by atoms with E-state index in [-0.39, 0.29) is 0 Å².